The Kier molecular flexibility index (Phi) is 5.27. The Morgan fingerprint density at radius 3 is 2.10 bits per heavy atom. The van der Waals surface area contributed by atoms with Crippen molar-refractivity contribution >= 4 is 40.4 Å². The van der Waals surface area contributed by atoms with Crippen molar-refractivity contribution in [1.29, 1.82) is 5.26 Å². The van der Waals surface area contributed by atoms with E-state index in [1.54, 1.807) is 48.5 Å². The molecular weight excluding hydrogens is 309 g/mol. The highest BCUT2D eigenvalue weighted by atomic mass is 35.5. The van der Waals surface area contributed by atoms with E-state index in [2.05, 4.69) is 20.8 Å². The lowest BCUT2D eigenvalue weighted by atomic mass is 10.3. The highest BCUT2D eigenvalue weighted by molar-refractivity contribution is 6.30. The Morgan fingerprint density at radius 2 is 1.52 bits per heavy atom. The molecule has 2 rings (SSSR count). The first kappa shape index (κ1) is 15.0. The predicted molar refractivity (Wildman–Crippen MR) is 84.1 cm³/mol. The van der Waals surface area contributed by atoms with Crippen LogP contribution < -0.4 is 5.43 Å². The Bertz CT molecular complexity index is 700. The van der Waals surface area contributed by atoms with Gasteiger partial charge < -0.3 is 0 Å². The van der Waals surface area contributed by atoms with E-state index in [0.717, 1.165) is 0 Å². The molecule has 104 valence electrons. The van der Waals surface area contributed by atoms with E-state index in [0.29, 0.717) is 21.4 Å². The Balaban J connectivity index is 2.05. The molecule has 2 aromatic carbocycles. The smallest absolute Gasteiger partial charge is 0.270 e. The third-order valence-electron chi connectivity index (χ3n) is 2.32. The highest BCUT2D eigenvalue weighted by Gasteiger charge is 1.96. The van der Waals surface area contributed by atoms with Gasteiger partial charge in [-0.3, -0.25) is 5.43 Å². The number of hydrogen-bond acceptors (Lipinski definition) is 4. The number of nitriles is 1. The van der Waals surface area contributed by atoms with Crippen LogP contribution in [0.25, 0.3) is 0 Å². The molecule has 0 fully saturated rings. The monoisotopic (exact) mass is 317 g/mol. The number of nitrogens with zero attached hydrogens (tertiary/aromatic N) is 4. The SMILES string of the molecule is N#C/C(N=Nc1ccc(Cl)cc1)=N/Nc1ccc(Cl)cc1. The summed E-state index contributed by atoms with van der Waals surface area (Å²) in [6.45, 7) is 0. The van der Waals surface area contributed by atoms with Crippen molar-refractivity contribution in [2.24, 2.45) is 15.3 Å². The van der Waals surface area contributed by atoms with Gasteiger partial charge in [-0.15, -0.1) is 15.3 Å². The number of azo groups is 1. The summed E-state index contributed by atoms with van der Waals surface area (Å²) in [5.74, 6) is -0.0973. The molecule has 0 atom stereocenters. The van der Waals surface area contributed by atoms with Crippen LogP contribution in [0.1, 0.15) is 0 Å². The zero-order chi connectivity index (χ0) is 15.1. The number of amidine groups is 1. The molecule has 0 saturated carbocycles. The molecule has 0 aromatic heterocycles. The molecule has 0 radical (unpaired) electrons. The molecule has 0 amide bonds. The quantitative estimate of drug-likeness (QED) is 0.373. The maximum Gasteiger partial charge on any atom is 0.270 e. The van der Waals surface area contributed by atoms with Crippen molar-refractivity contribution in [1.82, 2.24) is 0 Å². The van der Waals surface area contributed by atoms with Crippen molar-refractivity contribution in [2.45, 2.75) is 0 Å². The molecule has 0 aliphatic heterocycles. The molecule has 0 bridgehead atoms. The number of hydrazone groups is 1. The molecule has 0 saturated heterocycles. The molecule has 0 spiro atoms. The minimum absolute atomic E-state index is 0.0973. The number of halogens is 2. The molecular formula is C14H9Cl2N5. The van der Waals surface area contributed by atoms with Gasteiger partial charge in [-0.1, -0.05) is 23.2 Å². The van der Waals surface area contributed by atoms with E-state index in [4.69, 9.17) is 28.5 Å². The Hall–Kier alpha value is -2.42. The molecule has 21 heavy (non-hydrogen) atoms. The lowest BCUT2D eigenvalue weighted by Crippen LogP contribution is -1.95. The largest absolute Gasteiger partial charge is 0.276 e. The van der Waals surface area contributed by atoms with Crippen LogP contribution in [-0.2, 0) is 0 Å². The number of rotatable bonds is 3. The van der Waals surface area contributed by atoms with Gasteiger partial charge in [0.1, 0.15) is 6.07 Å². The van der Waals surface area contributed by atoms with Crippen LogP contribution in [0.4, 0.5) is 11.4 Å². The Labute approximate surface area is 131 Å². The summed E-state index contributed by atoms with van der Waals surface area (Å²) in [7, 11) is 0. The first-order valence-electron chi connectivity index (χ1n) is 5.84. The number of benzene rings is 2. The molecule has 0 aliphatic rings. The van der Waals surface area contributed by atoms with Crippen LogP contribution in [0, 0.1) is 11.3 Å². The summed E-state index contributed by atoms with van der Waals surface area (Å²) in [5.41, 5.74) is 3.97. The summed E-state index contributed by atoms with van der Waals surface area (Å²) in [4.78, 5) is 0. The van der Waals surface area contributed by atoms with Gasteiger partial charge in [0, 0.05) is 10.0 Å². The highest BCUT2D eigenvalue weighted by Crippen LogP contribution is 2.17. The zero-order valence-corrected chi connectivity index (χ0v) is 12.2. The van der Waals surface area contributed by atoms with Crippen molar-refractivity contribution in [3.05, 3.63) is 58.6 Å². The molecule has 7 heteroatoms. The maximum atomic E-state index is 8.95. The van der Waals surface area contributed by atoms with Crippen molar-refractivity contribution < 1.29 is 0 Å². The minimum atomic E-state index is -0.0973. The van der Waals surface area contributed by atoms with Crippen molar-refractivity contribution in [3.63, 3.8) is 0 Å². The lowest BCUT2D eigenvalue weighted by molar-refractivity contribution is 1.23. The van der Waals surface area contributed by atoms with Gasteiger partial charge in [0.2, 0.25) is 0 Å². The summed E-state index contributed by atoms with van der Waals surface area (Å²) in [6.07, 6.45) is 0. The van der Waals surface area contributed by atoms with Gasteiger partial charge in [-0.2, -0.15) is 5.26 Å². The number of nitrogens with one attached hydrogen (secondary N) is 1. The normalized spacial score (nSPS) is 11.4. The van der Waals surface area contributed by atoms with Gasteiger partial charge in [-0.05, 0) is 48.5 Å². The summed E-state index contributed by atoms with van der Waals surface area (Å²) < 4.78 is 0. The number of hydrogen-bond donors (Lipinski definition) is 1. The average molecular weight is 318 g/mol. The van der Waals surface area contributed by atoms with Crippen molar-refractivity contribution in [2.75, 3.05) is 5.43 Å². The van der Waals surface area contributed by atoms with E-state index < -0.39 is 0 Å². The molecule has 5 nitrogen and oxygen atoms in total. The molecule has 1 N–H and O–H groups in total. The minimum Gasteiger partial charge on any atom is -0.276 e. The van der Waals surface area contributed by atoms with Crippen LogP contribution in [0.3, 0.4) is 0 Å². The average Bonchev–Trinajstić information content (AvgIpc) is 2.51. The zero-order valence-electron chi connectivity index (χ0n) is 10.7. The van der Waals surface area contributed by atoms with Crippen LogP contribution >= 0.6 is 23.2 Å². The fourth-order valence-electron chi connectivity index (χ4n) is 1.32. The van der Waals surface area contributed by atoms with Crippen LogP contribution in [0.2, 0.25) is 10.0 Å². The fourth-order valence-corrected chi connectivity index (χ4v) is 1.58. The van der Waals surface area contributed by atoms with Crippen LogP contribution in [0.5, 0.6) is 0 Å². The summed E-state index contributed by atoms with van der Waals surface area (Å²) in [5, 5.41) is 21.7. The van der Waals surface area contributed by atoms with Gasteiger partial charge in [-0.25, -0.2) is 0 Å². The topological polar surface area (TPSA) is 72.9 Å². The van der Waals surface area contributed by atoms with E-state index >= 15 is 0 Å². The third-order valence-corrected chi connectivity index (χ3v) is 2.83. The predicted octanol–water partition coefficient (Wildman–Crippen LogP) is 5.03. The lowest BCUT2D eigenvalue weighted by Gasteiger charge is -1.99. The fraction of sp³-hybridized carbons (Fsp3) is 0. The van der Waals surface area contributed by atoms with Gasteiger partial charge >= 0.3 is 0 Å². The van der Waals surface area contributed by atoms with Crippen LogP contribution in [-0.4, -0.2) is 5.84 Å². The first-order valence-corrected chi connectivity index (χ1v) is 6.59. The van der Waals surface area contributed by atoms with Crippen molar-refractivity contribution in [3.8, 4) is 6.07 Å². The number of anilines is 1. The van der Waals surface area contributed by atoms with Gasteiger partial charge in [0.15, 0.2) is 0 Å². The standard InChI is InChI=1S/C14H9Cl2N5/c15-10-1-5-12(6-2-10)18-20-14(9-17)21-19-13-7-3-11(16)4-8-13/h1-8,18H/b20-14-,21-19?. The second-order valence-electron chi connectivity index (χ2n) is 3.84. The molecule has 2 aromatic rings. The van der Waals surface area contributed by atoms with Gasteiger partial charge in [0.05, 0.1) is 11.4 Å². The van der Waals surface area contributed by atoms with E-state index in [1.165, 1.54) is 0 Å². The molecule has 0 unspecified atom stereocenters. The second kappa shape index (κ2) is 7.39. The summed E-state index contributed by atoms with van der Waals surface area (Å²) in [6, 6.07) is 15.5. The Morgan fingerprint density at radius 1 is 0.952 bits per heavy atom. The van der Waals surface area contributed by atoms with E-state index in [1.807, 2.05) is 6.07 Å². The van der Waals surface area contributed by atoms with E-state index in [9.17, 15) is 0 Å². The van der Waals surface area contributed by atoms with E-state index in [-0.39, 0.29) is 5.84 Å². The maximum absolute atomic E-state index is 8.95. The molecule has 0 heterocycles. The third kappa shape index (κ3) is 4.88. The second-order valence-corrected chi connectivity index (χ2v) is 4.72. The molecule has 0 aliphatic carbocycles. The summed E-state index contributed by atoms with van der Waals surface area (Å²) >= 11 is 11.5. The first-order chi connectivity index (χ1) is 10.2. The van der Waals surface area contributed by atoms with Crippen LogP contribution in [0.15, 0.2) is 63.9 Å². The van der Waals surface area contributed by atoms with Gasteiger partial charge in [0.25, 0.3) is 5.84 Å².